The number of hydrogen-bond donors (Lipinski definition) is 2. The van der Waals surface area contributed by atoms with Gasteiger partial charge in [-0.1, -0.05) is 38.8 Å². The van der Waals surface area contributed by atoms with E-state index < -0.39 is 5.54 Å². The van der Waals surface area contributed by atoms with E-state index in [1.165, 1.54) is 0 Å². The van der Waals surface area contributed by atoms with Gasteiger partial charge in [-0.3, -0.25) is 10.1 Å². The van der Waals surface area contributed by atoms with E-state index in [1.54, 1.807) is 0 Å². The van der Waals surface area contributed by atoms with Gasteiger partial charge in [-0.05, 0) is 37.8 Å². The molecule has 1 aromatic carbocycles. The van der Waals surface area contributed by atoms with Crippen molar-refractivity contribution in [1.29, 1.82) is 0 Å². The van der Waals surface area contributed by atoms with Gasteiger partial charge in [0.15, 0.2) is 11.4 Å². The van der Waals surface area contributed by atoms with Gasteiger partial charge in [-0.15, -0.1) is 0 Å². The fraction of sp³-hybridized carbons (Fsp3) is 0.476. The lowest BCUT2D eigenvalue weighted by molar-refractivity contribution is -0.116. The van der Waals surface area contributed by atoms with Gasteiger partial charge in [0.1, 0.15) is 5.52 Å². The number of Topliss-reactive ketones (excluding diaryl/α,β-unsaturated/α-hetero) is 1. The normalized spacial score (nSPS) is 18.9. The third kappa shape index (κ3) is 3.24. The van der Waals surface area contributed by atoms with Gasteiger partial charge in [0.25, 0.3) is 0 Å². The van der Waals surface area contributed by atoms with Crippen LogP contribution in [0, 0.1) is 0 Å². The Labute approximate surface area is 159 Å². The minimum atomic E-state index is -0.448. The van der Waals surface area contributed by atoms with Crippen LogP contribution in [-0.2, 0) is 4.79 Å². The molecule has 6 nitrogen and oxygen atoms in total. The first kappa shape index (κ1) is 17.8. The maximum Gasteiger partial charge on any atom is 0.302 e. The van der Waals surface area contributed by atoms with Crippen LogP contribution >= 0.6 is 0 Å². The van der Waals surface area contributed by atoms with Crippen molar-refractivity contribution in [3.8, 4) is 0 Å². The smallest absolute Gasteiger partial charge is 0.302 e. The molecule has 1 aromatic heterocycles. The molecule has 142 valence electrons. The molecule has 27 heavy (non-hydrogen) atoms. The number of oxazole rings is 1. The third-order valence-electron chi connectivity index (χ3n) is 5.32. The number of aromatic nitrogens is 1. The Morgan fingerprint density at radius 3 is 2.70 bits per heavy atom. The summed E-state index contributed by atoms with van der Waals surface area (Å²) in [6, 6.07) is 8.08. The summed E-state index contributed by atoms with van der Waals surface area (Å²) in [5, 5.41) is 6.55. The molecule has 0 fully saturated rings. The number of allylic oxidation sites excluding steroid dienone is 1. The maximum atomic E-state index is 12.8. The molecule has 2 aromatic rings. The molecule has 0 radical (unpaired) electrons. The van der Waals surface area contributed by atoms with Gasteiger partial charge in [0.2, 0.25) is 5.96 Å². The standard InChI is InChI=1S/C21H26N4O2/c1-3-12-21(13-4-2)18-15(9-7-10-16(18)26)22-19(25-21)24-20-23-14-8-5-6-11-17(14)27-20/h5-6,8,11H,3-4,7,9-10,12-13H2,1-2H3,(H2,22,23,24,25). The lowest BCUT2D eigenvalue weighted by Gasteiger charge is -2.39. The Balaban J connectivity index is 1.71. The molecule has 2 N–H and O–H groups in total. The Morgan fingerprint density at radius 2 is 1.96 bits per heavy atom. The molecule has 2 heterocycles. The first-order chi connectivity index (χ1) is 13.1. The summed E-state index contributed by atoms with van der Waals surface area (Å²) in [7, 11) is 0. The molecule has 0 spiro atoms. The van der Waals surface area contributed by atoms with Crippen molar-refractivity contribution >= 4 is 28.9 Å². The van der Waals surface area contributed by atoms with Gasteiger partial charge < -0.3 is 9.73 Å². The van der Waals surface area contributed by atoms with Crippen molar-refractivity contribution in [2.75, 3.05) is 5.32 Å². The van der Waals surface area contributed by atoms with E-state index in [0.29, 0.717) is 18.4 Å². The average molecular weight is 366 g/mol. The number of anilines is 1. The first-order valence-electron chi connectivity index (χ1n) is 9.91. The summed E-state index contributed by atoms with van der Waals surface area (Å²) in [6.07, 6.45) is 6.07. The second-order valence-electron chi connectivity index (χ2n) is 7.36. The average Bonchev–Trinajstić information content (AvgIpc) is 3.04. The monoisotopic (exact) mass is 366 g/mol. The number of aliphatic imine (C=N–C) groups is 1. The zero-order valence-corrected chi connectivity index (χ0v) is 16.0. The van der Waals surface area contributed by atoms with Gasteiger partial charge in [-0.25, -0.2) is 4.99 Å². The van der Waals surface area contributed by atoms with Crippen LogP contribution in [0.1, 0.15) is 58.8 Å². The van der Waals surface area contributed by atoms with E-state index in [2.05, 4.69) is 29.5 Å². The SMILES string of the molecule is CCCC1(CCC)N=C(Nc2nc3ccccc3o2)NC2=C1C(=O)CCC2. The Morgan fingerprint density at radius 1 is 1.19 bits per heavy atom. The second kappa shape index (κ2) is 7.18. The minimum absolute atomic E-state index is 0.246. The lowest BCUT2D eigenvalue weighted by atomic mass is 9.74. The number of rotatable bonds is 5. The van der Waals surface area contributed by atoms with Crippen LogP contribution in [0.15, 0.2) is 44.9 Å². The Bertz CT molecular complexity index is 886. The highest BCUT2D eigenvalue weighted by molar-refractivity contribution is 6.04. The molecule has 0 amide bonds. The lowest BCUT2D eigenvalue weighted by Crippen LogP contribution is -2.47. The molecule has 0 saturated heterocycles. The van der Waals surface area contributed by atoms with Gasteiger partial charge >= 0.3 is 6.01 Å². The Kier molecular flexibility index (Phi) is 4.72. The summed E-state index contributed by atoms with van der Waals surface area (Å²) in [6.45, 7) is 4.30. The molecule has 0 unspecified atom stereocenters. The number of hydrogen-bond acceptors (Lipinski definition) is 6. The number of fused-ring (bicyclic) bond motifs is 1. The van der Waals surface area contributed by atoms with Crippen LogP contribution in [-0.4, -0.2) is 22.3 Å². The molecule has 4 rings (SSSR count). The molecular weight excluding hydrogens is 340 g/mol. The number of ketones is 1. The molecule has 2 aliphatic rings. The number of nitrogens with zero attached hydrogens (tertiary/aromatic N) is 2. The van der Waals surface area contributed by atoms with Gasteiger partial charge in [0.05, 0.1) is 5.54 Å². The molecule has 1 aliphatic heterocycles. The molecule has 0 saturated carbocycles. The van der Waals surface area contributed by atoms with E-state index in [9.17, 15) is 4.79 Å². The van der Waals surface area contributed by atoms with E-state index in [4.69, 9.17) is 9.41 Å². The molecule has 6 heteroatoms. The quantitative estimate of drug-likeness (QED) is 0.812. The van der Waals surface area contributed by atoms with Crippen molar-refractivity contribution in [3.05, 3.63) is 35.5 Å². The predicted octanol–water partition coefficient (Wildman–Crippen LogP) is 4.55. The largest absolute Gasteiger partial charge is 0.423 e. The fourth-order valence-corrected chi connectivity index (χ4v) is 4.35. The van der Waals surface area contributed by atoms with Crippen LogP contribution in [0.25, 0.3) is 11.1 Å². The molecule has 0 atom stereocenters. The summed E-state index contributed by atoms with van der Waals surface area (Å²) in [4.78, 5) is 22.3. The first-order valence-corrected chi connectivity index (χ1v) is 9.91. The second-order valence-corrected chi connectivity index (χ2v) is 7.36. The summed E-state index contributed by atoms with van der Waals surface area (Å²) in [5.41, 5.74) is 3.01. The van der Waals surface area contributed by atoms with Crippen LogP contribution in [0.2, 0.25) is 0 Å². The predicted molar refractivity (Wildman–Crippen MR) is 107 cm³/mol. The zero-order valence-electron chi connectivity index (χ0n) is 16.0. The van der Waals surface area contributed by atoms with E-state index >= 15 is 0 Å². The highest BCUT2D eigenvalue weighted by Gasteiger charge is 2.42. The van der Waals surface area contributed by atoms with E-state index in [-0.39, 0.29) is 5.78 Å². The number of carbonyl (C=O) groups is 1. The van der Waals surface area contributed by atoms with E-state index in [0.717, 1.165) is 60.9 Å². The van der Waals surface area contributed by atoms with Crippen LogP contribution in [0.3, 0.4) is 0 Å². The van der Waals surface area contributed by atoms with Crippen LogP contribution < -0.4 is 10.6 Å². The molecular formula is C21H26N4O2. The van der Waals surface area contributed by atoms with E-state index in [1.807, 2.05) is 24.3 Å². The Hall–Kier alpha value is -2.63. The molecule has 0 bridgehead atoms. The maximum absolute atomic E-state index is 12.8. The number of benzene rings is 1. The summed E-state index contributed by atoms with van der Waals surface area (Å²) < 4.78 is 5.79. The van der Waals surface area contributed by atoms with Crippen molar-refractivity contribution in [3.63, 3.8) is 0 Å². The van der Waals surface area contributed by atoms with Gasteiger partial charge in [-0.2, -0.15) is 4.98 Å². The summed E-state index contributed by atoms with van der Waals surface area (Å²) in [5.74, 6) is 0.868. The van der Waals surface area contributed by atoms with Crippen molar-refractivity contribution in [1.82, 2.24) is 10.3 Å². The number of guanidine groups is 1. The van der Waals surface area contributed by atoms with Gasteiger partial charge in [0, 0.05) is 17.7 Å². The minimum Gasteiger partial charge on any atom is -0.423 e. The third-order valence-corrected chi connectivity index (χ3v) is 5.32. The number of para-hydroxylation sites is 2. The number of nitrogens with one attached hydrogen (secondary N) is 2. The van der Waals surface area contributed by atoms with Crippen LogP contribution in [0.4, 0.5) is 6.01 Å². The zero-order chi connectivity index (χ0) is 18.9. The van der Waals surface area contributed by atoms with Crippen molar-refractivity contribution < 1.29 is 9.21 Å². The fourth-order valence-electron chi connectivity index (χ4n) is 4.35. The topological polar surface area (TPSA) is 79.5 Å². The summed E-state index contributed by atoms with van der Waals surface area (Å²) >= 11 is 0. The van der Waals surface area contributed by atoms with Crippen molar-refractivity contribution in [2.45, 2.75) is 64.3 Å². The van der Waals surface area contributed by atoms with Crippen LogP contribution in [0.5, 0.6) is 0 Å². The number of carbonyl (C=O) groups excluding carboxylic acids is 1. The highest BCUT2D eigenvalue weighted by Crippen LogP contribution is 2.40. The molecule has 1 aliphatic carbocycles. The van der Waals surface area contributed by atoms with Crippen molar-refractivity contribution in [2.24, 2.45) is 4.99 Å². The highest BCUT2D eigenvalue weighted by atomic mass is 16.4.